The highest BCUT2D eigenvalue weighted by Crippen LogP contribution is 2.38. The van der Waals surface area contributed by atoms with Crippen LogP contribution in [0.4, 0.5) is 10.2 Å². The second-order valence-electron chi connectivity index (χ2n) is 8.40. The van der Waals surface area contributed by atoms with Gasteiger partial charge in [-0.2, -0.15) is 5.26 Å². The van der Waals surface area contributed by atoms with Crippen LogP contribution < -0.4 is 4.90 Å². The van der Waals surface area contributed by atoms with Crippen molar-refractivity contribution in [2.45, 2.75) is 12.5 Å². The molecule has 1 fully saturated rings. The SMILES string of the molecule is C=C(F)C(=O)N1CCN(c2ncnc3nc(-c4cccc5cccc(Cl)c45)c(Cl)cc23)C[C@@H]1CC#N. The zero-order valence-electron chi connectivity index (χ0n) is 19.0. The first-order valence-electron chi connectivity index (χ1n) is 11.1. The standard InChI is InChI=1S/C26H19Cl2FN6O/c1-15(29)26(36)35-11-10-34(13-17(35)8-9-30)25-19-12-21(28)23(33-24(19)31-14-32-25)18-6-2-4-16-5-3-7-20(27)22(16)18/h2-7,12,14,17H,1,8,10-11,13H2/t17-/m0/s1. The van der Waals surface area contributed by atoms with Crippen molar-refractivity contribution in [3.8, 4) is 17.3 Å². The smallest absolute Gasteiger partial charge is 0.282 e. The summed E-state index contributed by atoms with van der Waals surface area (Å²) in [5, 5.41) is 12.7. The van der Waals surface area contributed by atoms with Gasteiger partial charge in [0.2, 0.25) is 0 Å². The molecule has 0 saturated carbocycles. The van der Waals surface area contributed by atoms with Crippen LogP contribution in [0, 0.1) is 11.3 Å². The molecule has 10 heteroatoms. The molecule has 1 saturated heterocycles. The number of amides is 1. The Morgan fingerprint density at radius 3 is 2.69 bits per heavy atom. The molecule has 1 atom stereocenters. The van der Waals surface area contributed by atoms with E-state index in [0.29, 0.717) is 39.1 Å². The molecule has 0 aliphatic carbocycles. The summed E-state index contributed by atoms with van der Waals surface area (Å²) in [5.74, 6) is -1.27. The minimum atomic E-state index is -1.05. The van der Waals surface area contributed by atoms with E-state index < -0.39 is 17.8 Å². The van der Waals surface area contributed by atoms with Gasteiger partial charge >= 0.3 is 0 Å². The highest BCUT2D eigenvalue weighted by atomic mass is 35.5. The van der Waals surface area contributed by atoms with Crippen LogP contribution in [0.1, 0.15) is 6.42 Å². The summed E-state index contributed by atoms with van der Waals surface area (Å²) < 4.78 is 13.5. The Hall–Kier alpha value is -3.80. The molecule has 3 heterocycles. The molecule has 0 unspecified atom stereocenters. The number of nitriles is 1. The Kier molecular flexibility index (Phi) is 6.44. The summed E-state index contributed by atoms with van der Waals surface area (Å²) in [5.41, 5.74) is 1.78. The number of piperazine rings is 1. The third-order valence-corrected chi connectivity index (χ3v) is 6.87. The topological polar surface area (TPSA) is 86.0 Å². The van der Waals surface area contributed by atoms with Crippen molar-refractivity contribution >= 4 is 56.7 Å². The Morgan fingerprint density at radius 2 is 1.94 bits per heavy atom. The average molecular weight is 521 g/mol. The van der Waals surface area contributed by atoms with E-state index in [1.165, 1.54) is 11.2 Å². The van der Waals surface area contributed by atoms with Crippen molar-refractivity contribution in [1.82, 2.24) is 19.9 Å². The fraction of sp³-hybridized carbons (Fsp3) is 0.192. The van der Waals surface area contributed by atoms with E-state index >= 15 is 0 Å². The second kappa shape index (κ2) is 9.69. The largest absolute Gasteiger partial charge is 0.352 e. The third-order valence-electron chi connectivity index (χ3n) is 6.27. The molecule has 36 heavy (non-hydrogen) atoms. The molecule has 0 radical (unpaired) electrons. The van der Waals surface area contributed by atoms with Crippen LogP contribution in [0.5, 0.6) is 0 Å². The highest BCUT2D eigenvalue weighted by molar-refractivity contribution is 6.38. The van der Waals surface area contributed by atoms with Gasteiger partial charge in [0, 0.05) is 35.6 Å². The maximum Gasteiger partial charge on any atom is 0.282 e. The molecule has 5 rings (SSSR count). The maximum absolute atomic E-state index is 13.5. The van der Waals surface area contributed by atoms with Gasteiger partial charge in [0.25, 0.3) is 5.91 Å². The molecule has 0 N–H and O–H groups in total. The van der Waals surface area contributed by atoms with Crippen molar-refractivity contribution in [3.63, 3.8) is 0 Å². The zero-order chi connectivity index (χ0) is 25.4. The number of pyridine rings is 1. The van der Waals surface area contributed by atoms with Crippen LogP contribution in [0.15, 0.2) is 61.2 Å². The number of carbonyl (C=O) groups is 1. The van der Waals surface area contributed by atoms with Crippen LogP contribution in [0.25, 0.3) is 33.1 Å². The zero-order valence-corrected chi connectivity index (χ0v) is 20.5. The first-order valence-corrected chi connectivity index (χ1v) is 11.9. The summed E-state index contributed by atoms with van der Waals surface area (Å²) in [7, 11) is 0. The first kappa shape index (κ1) is 23.9. The molecule has 7 nitrogen and oxygen atoms in total. The van der Waals surface area contributed by atoms with Crippen LogP contribution in [-0.2, 0) is 4.79 Å². The molecule has 1 amide bonds. The van der Waals surface area contributed by atoms with Crippen LogP contribution in [0.3, 0.4) is 0 Å². The van der Waals surface area contributed by atoms with Gasteiger partial charge in [-0.3, -0.25) is 4.79 Å². The monoisotopic (exact) mass is 520 g/mol. The predicted octanol–water partition coefficient (Wildman–Crippen LogP) is 5.57. The third kappa shape index (κ3) is 4.21. The summed E-state index contributed by atoms with van der Waals surface area (Å²) in [6.45, 7) is 3.99. The molecule has 0 spiro atoms. The lowest BCUT2D eigenvalue weighted by molar-refractivity contribution is -0.131. The Balaban J connectivity index is 1.56. The molecule has 0 bridgehead atoms. The molecule has 1 aliphatic heterocycles. The number of hydrogen-bond acceptors (Lipinski definition) is 6. The summed E-state index contributed by atoms with van der Waals surface area (Å²) in [6, 6.07) is 14.8. The fourth-order valence-electron chi connectivity index (χ4n) is 4.63. The van der Waals surface area contributed by atoms with E-state index in [9.17, 15) is 14.4 Å². The van der Waals surface area contributed by atoms with E-state index in [4.69, 9.17) is 28.2 Å². The van der Waals surface area contributed by atoms with Gasteiger partial charge in [-0.1, -0.05) is 60.1 Å². The summed E-state index contributed by atoms with van der Waals surface area (Å²) >= 11 is 13.3. The van der Waals surface area contributed by atoms with Crippen LogP contribution >= 0.6 is 23.2 Å². The fourth-order valence-corrected chi connectivity index (χ4v) is 5.17. The van der Waals surface area contributed by atoms with Gasteiger partial charge in [-0.05, 0) is 17.5 Å². The minimum Gasteiger partial charge on any atom is -0.352 e. The van der Waals surface area contributed by atoms with Gasteiger partial charge in [0.15, 0.2) is 11.5 Å². The lowest BCUT2D eigenvalue weighted by atomic mass is 10.0. The molecule has 180 valence electrons. The predicted molar refractivity (Wildman–Crippen MR) is 138 cm³/mol. The number of benzene rings is 2. The maximum atomic E-state index is 13.5. The highest BCUT2D eigenvalue weighted by Gasteiger charge is 2.33. The van der Waals surface area contributed by atoms with E-state index in [2.05, 4.69) is 22.6 Å². The molecule has 2 aromatic heterocycles. The summed E-state index contributed by atoms with van der Waals surface area (Å²) in [4.78, 5) is 29.1. The molecule has 1 aliphatic rings. The Bertz CT molecular complexity index is 1560. The van der Waals surface area contributed by atoms with Crippen molar-refractivity contribution in [2.75, 3.05) is 24.5 Å². The van der Waals surface area contributed by atoms with E-state index in [1.54, 1.807) is 6.07 Å². The number of nitrogens with zero attached hydrogens (tertiary/aromatic N) is 6. The Labute approximate surface area is 216 Å². The number of hydrogen-bond donors (Lipinski definition) is 0. The van der Waals surface area contributed by atoms with Crippen molar-refractivity contribution in [3.05, 3.63) is 71.2 Å². The van der Waals surface area contributed by atoms with E-state index in [1.807, 2.05) is 41.3 Å². The molecular formula is C26H19Cl2FN6O. The van der Waals surface area contributed by atoms with Crippen LogP contribution in [-0.4, -0.2) is 51.4 Å². The van der Waals surface area contributed by atoms with Gasteiger partial charge in [-0.25, -0.2) is 19.3 Å². The second-order valence-corrected chi connectivity index (χ2v) is 9.21. The number of carbonyl (C=O) groups excluding carboxylic acids is 1. The minimum absolute atomic E-state index is 0.0452. The van der Waals surface area contributed by atoms with Gasteiger partial charge in [0.1, 0.15) is 12.1 Å². The normalized spacial score (nSPS) is 15.8. The quantitative estimate of drug-likeness (QED) is 0.327. The number of halogens is 3. The van der Waals surface area contributed by atoms with Crippen LogP contribution in [0.2, 0.25) is 10.0 Å². The molecule has 4 aromatic rings. The number of aromatic nitrogens is 3. The Morgan fingerprint density at radius 1 is 1.17 bits per heavy atom. The van der Waals surface area contributed by atoms with Crippen molar-refractivity contribution < 1.29 is 9.18 Å². The van der Waals surface area contributed by atoms with Gasteiger partial charge in [0.05, 0.1) is 34.6 Å². The summed E-state index contributed by atoms with van der Waals surface area (Å²) in [6.07, 6.45) is 1.46. The van der Waals surface area contributed by atoms with Crippen molar-refractivity contribution in [2.24, 2.45) is 0 Å². The van der Waals surface area contributed by atoms with Gasteiger partial charge in [-0.15, -0.1) is 0 Å². The van der Waals surface area contributed by atoms with Gasteiger partial charge < -0.3 is 9.80 Å². The molecular weight excluding hydrogens is 502 g/mol. The lowest BCUT2D eigenvalue weighted by Gasteiger charge is -2.41. The number of fused-ring (bicyclic) bond motifs is 2. The first-order chi connectivity index (χ1) is 17.4. The lowest BCUT2D eigenvalue weighted by Crippen LogP contribution is -2.55. The van der Waals surface area contributed by atoms with Crippen molar-refractivity contribution in [1.29, 1.82) is 5.26 Å². The average Bonchev–Trinajstić information content (AvgIpc) is 2.87. The number of anilines is 1. The number of rotatable bonds is 4. The molecule has 2 aromatic carbocycles. The van der Waals surface area contributed by atoms with E-state index in [0.717, 1.165) is 16.3 Å². The van der Waals surface area contributed by atoms with E-state index in [-0.39, 0.29) is 19.5 Å².